The molecule has 0 spiro atoms. The first kappa shape index (κ1) is 34.8. The Balaban J connectivity index is 1.41. The second-order valence-electron chi connectivity index (χ2n) is 12.4. The third-order valence-corrected chi connectivity index (χ3v) is 8.99. The van der Waals surface area contributed by atoms with Crippen molar-refractivity contribution in [2.45, 2.75) is 77.3 Å². The highest BCUT2D eigenvalue weighted by Crippen LogP contribution is 2.27. The minimum atomic E-state index is 0.00596. The molecular weight excluding hydrogens is 592 g/mol. The monoisotopic (exact) mass is 642 g/mol. The predicted octanol–water partition coefficient (Wildman–Crippen LogP) is 7.20. The standard InChI is InChI=1S/C39H50N2O6/c1-45-23-15-27-47-25-13-5-3-11-21-41-35-19-9-7-17-31(35)39(44)33-28-36-32(29-37(33)41)38(43)30-16-6-8-18-34(30)40(36)20-10-2-4-12-24-46-26-14-22-42/h6-9,16-19,28-29,42H,2-5,10-15,20-27H2,1H3. The van der Waals surface area contributed by atoms with E-state index in [1.165, 1.54) is 0 Å². The minimum absolute atomic E-state index is 0.00596. The van der Waals surface area contributed by atoms with E-state index >= 15 is 0 Å². The number of pyridine rings is 2. The number of para-hydroxylation sites is 2. The number of hydrogen-bond acceptors (Lipinski definition) is 6. The van der Waals surface area contributed by atoms with Gasteiger partial charge in [0, 0.05) is 81.4 Å². The van der Waals surface area contributed by atoms with E-state index in [-0.39, 0.29) is 17.5 Å². The first-order chi connectivity index (χ1) is 23.2. The van der Waals surface area contributed by atoms with Crippen molar-refractivity contribution >= 4 is 43.6 Å². The molecule has 0 radical (unpaired) electrons. The van der Waals surface area contributed by atoms with Crippen LogP contribution in [-0.4, -0.2) is 61.0 Å². The number of aliphatic hydroxyl groups excluding tert-OH is 1. The Bertz CT molecular complexity index is 1860. The van der Waals surface area contributed by atoms with Gasteiger partial charge in [-0.2, -0.15) is 0 Å². The van der Waals surface area contributed by atoms with E-state index in [0.717, 1.165) is 113 Å². The van der Waals surface area contributed by atoms with Crippen LogP contribution in [0.3, 0.4) is 0 Å². The fourth-order valence-corrected chi connectivity index (χ4v) is 6.55. The zero-order valence-electron chi connectivity index (χ0n) is 27.9. The van der Waals surface area contributed by atoms with E-state index in [1.54, 1.807) is 7.11 Å². The summed E-state index contributed by atoms with van der Waals surface area (Å²) in [7, 11) is 1.71. The van der Waals surface area contributed by atoms with Gasteiger partial charge in [0.15, 0.2) is 10.9 Å². The number of methoxy groups -OCH3 is 1. The van der Waals surface area contributed by atoms with E-state index in [9.17, 15) is 9.59 Å². The molecule has 0 aliphatic heterocycles. The number of aromatic nitrogens is 2. The summed E-state index contributed by atoms with van der Waals surface area (Å²) in [6.07, 6.45) is 9.75. The van der Waals surface area contributed by atoms with Crippen molar-refractivity contribution in [1.29, 1.82) is 0 Å². The lowest BCUT2D eigenvalue weighted by Gasteiger charge is -2.19. The maximum absolute atomic E-state index is 14.0. The van der Waals surface area contributed by atoms with Crippen molar-refractivity contribution < 1.29 is 19.3 Å². The number of aryl methyl sites for hydroxylation is 2. The topological polar surface area (TPSA) is 91.9 Å². The summed E-state index contributed by atoms with van der Waals surface area (Å²) in [5.41, 5.74) is 3.47. The predicted molar refractivity (Wildman–Crippen MR) is 192 cm³/mol. The highest BCUT2D eigenvalue weighted by Gasteiger charge is 2.17. The average Bonchev–Trinajstić information content (AvgIpc) is 3.10. The lowest BCUT2D eigenvalue weighted by molar-refractivity contribution is 0.100. The van der Waals surface area contributed by atoms with Gasteiger partial charge < -0.3 is 28.5 Å². The zero-order chi connectivity index (χ0) is 32.8. The van der Waals surface area contributed by atoms with Gasteiger partial charge in [-0.15, -0.1) is 0 Å². The average molecular weight is 643 g/mol. The molecule has 0 bridgehead atoms. The van der Waals surface area contributed by atoms with Crippen molar-refractivity contribution in [3.63, 3.8) is 0 Å². The largest absolute Gasteiger partial charge is 0.396 e. The molecule has 2 aromatic heterocycles. The van der Waals surface area contributed by atoms with Gasteiger partial charge in [0.2, 0.25) is 0 Å². The highest BCUT2D eigenvalue weighted by atomic mass is 16.5. The summed E-state index contributed by atoms with van der Waals surface area (Å²) < 4.78 is 20.9. The Morgan fingerprint density at radius 2 is 0.957 bits per heavy atom. The third-order valence-electron chi connectivity index (χ3n) is 8.99. The Hall–Kier alpha value is -3.56. The van der Waals surface area contributed by atoms with Crippen LogP contribution in [0.1, 0.15) is 64.2 Å². The lowest BCUT2D eigenvalue weighted by Crippen LogP contribution is -2.16. The van der Waals surface area contributed by atoms with E-state index in [1.807, 2.05) is 60.7 Å². The van der Waals surface area contributed by atoms with Crippen molar-refractivity contribution in [3.05, 3.63) is 81.1 Å². The Morgan fingerprint density at radius 3 is 1.45 bits per heavy atom. The molecule has 0 unspecified atom stereocenters. The molecule has 0 aliphatic rings. The Kier molecular flexibility index (Phi) is 13.4. The number of fused-ring (bicyclic) bond motifs is 4. The van der Waals surface area contributed by atoms with Gasteiger partial charge in [0.25, 0.3) is 0 Å². The zero-order valence-corrected chi connectivity index (χ0v) is 27.9. The first-order valence-electron chi connectivity index (χ1n) is 17.4. The molecule has 47 heavy (non-hydrogen) atoms. The van der Waals surface area contributed by atoms with Gasteiger partial charge >= 0.3 is 0 Å². The number of unbranched alkanes of at least 4 members (excludes halogenated alkanes) is 6. The summed E-state index contributed by atoms with van der Waals surface area (Å²) in [6.45, 7) is 5.21. The highest BCUT2D eigenvalue weighted by molar-refractivity contribution is 6.03. The normalized spacial score (nSPS) is 11.9. The molecule has 5 aromatic rings. The molecule has 8 heteroatoms. The van der Waals surface area contributed by atoms with Crippen molar-refractivity contribution in [2.24, 2.45) is 0 Å². The molecule has 0 atom stereocenters. The summed E-state index contributed by atoms with van der Waals surface area (Å²) in [4.78, 5) is 27.9. The number of benzene rings is 3. The Labute approximate surface area is 276 Å². The van der Waals surface area contributed by atoms with Crippen LogP contribution in [0.15, 0.2) is 70.3 Å². The second kappa shape index (κ2) is 18.1. The maximum atomic E-state index is 14.0. The minimum Gasteiger partial charge on any atom is -0.396 e. The molecule has 5 rings (SSSR count). The maximum Gasteiger partial charge on any atom is 0.197 e. The molecule has 0 aliphatic carbocycles. The van der Waals surface area contributed by atoms with Gasteiger partial charge in [0.05, 0.1) is 22.1 Å². The van der Waals surface area contributed by atoms with Gasteiger partial charge in [0.1, 0.15) is 0 Å². The quantitative estimate of drug-likeness (QED) is 0.0673. The molecule has 8 nitrogen and oxygen atoms in total. The van der Waals surface area contributed by atoms with Crippen LogP contribution >= 0.6 is 0 Å². The fraction of sp³-hybridized carbons (Fsp3) is 0.487. The molecule has 1 N–H and O–H groups in total. The molecular formula is C39H50N2O6. The van der Waals surface area contributed by atoms with Crippen LogP contribution in [0.2, 0.25) is 0 Å². The van der Waals surface area contributed by atoms with E-state index in [4.69, 9.17) is 19.3 Å². The van der Waals surface area contributed by atoms with E-state index in [2.05, 4.69) is 9.13 Å². The molecule has 0 amide bonds. The van der Waals surface area contributed by atoms with Crippen molar-refractivity contribution in [1.82, 2.24) is 9.13 Å². The summed E-state index contributed by atoms with van der Waals surface area (Å²) in [5.74, 6) is 0. The molecule has 252 valence electrons. The number of rotatable bonds is 21. The molecule has 0 saturated carbocycles. The summed E-state index contributed by atoms with van der Waals surface area (Å²) >= 11 is 0. The summed E-state index contributed by atoms with van der Waals surface area (Å²) in [5, 5.41) is 11.6. The van der Waals surface area contributed by atoms with Crippen LogP contribution in [0.25, 0.3) is 43.6 Å². The Morgan fingerprint density at radius 1 is 0.511 bits per heavy atom. The van der Waals surface area contributed by atoms with Gasteiger partial charge in [-0.25, -0.2) is 0 Å². The van der Waals surface area contributed by atoms with Gasteiger partial charge in [-0.1, -0.05) is 49.9 Å². The number of aliphatic hydroxyl groups is 1. The number of nitrogens with zero attached hydrogens (tertiary/aromatic N) is 2. The number of hydrogen-bond donors (Lipinski definition) is 1. The molecule has 0 fully saturated rings. The van der Waals surface area contributed by atoms with E-state index < -0.39 is 0 Å². The summed E-state index contributed by atoms with van der Waals surface area (Å²) in [6, 6.07) is 19.6. The lowest BCUT2D eigenvalue weighted by atomic mass is 10.0. The van der Waals surface area contributed by atoms with Crippen molar-refractivity contribution in [3.8, 4) is 0 Å². The molecule has 0 saturated heterocycles. The fourth-order valence-electron chi connectivity index (χ4n) is 6.55. The van der Waals surface area contributed by atoms with Crippen LogP contribution in [0.5, 0.6) is 0 Å². The van der Waals surface area contributed by atoms with Gasteiger partial charge in [-0.3, -0.25) is 9.59 Å². The molecule has 3 aromatic carbocycles. The molecule has 2 heterocycles. The van der Waals surface area contributed by atoms with E-state index in [0.29, 0.717) is 41.2 Å². The van der Waals surface area contributed by atoms with Crippen LogP contribution in [-0.2, 0) is 27.3 Å². The van der Waals surface area contributed by atoms with Crippen molar-refractivity contribution in [2.75, 3.05) is 46.8 Å². The SMILES string of the molecule is COCCCOCCCCCCn1c2ccccc2c(=O)c2cc3c(cc21)c(=O)c1ccccc1n3CCCCCCOCCCO. The second-order valence-corrected chi connectivity index (χ2v) is 12.4. The third kappa shape index (κ3) is 8.68. The van der Waals surface area contributed by atoms with Crippen LogP contribution < -0.4 is 10.9 Å². The van der Waals surface area contributed by atoms with Crippen LogP contribution in [0.4, 0.5) is 0 Å². The first-order valence-corrected chi connectivity index (χ1v) is 17.4. The van der Waals surface area contributed by atoms with Gasteiger partial charge in [-0.05, 0) is 74.9 Å². The van der Waals surface area contributed by atoms with Crippen LogP contribution in [0, 0.1) is 0 Å². The smallest absolute Gasteiger partial charge is 0.197 e. The number of ether oxygens (including phenoxy) is 3.